The molecule has 3 rings (SSSR count). The van der Waals surface area contributed by atoms with Gasteiger partial charge in [0, 0.05) is 13.1 Å². The number of rotatable bonds is 3. The van der Waals surface area contributed by atoms with Gasteiger partial charge in [-0.2, -0.15) is 0 Å². The normalized spacial score (nSPS) is 21.3. The third-order valence-electron chi connectivity index (χ3n) is 3.99. The van der Waals surface area contributed by atoms with Crippen LogP contribution < -0.4 is 10.5 Å². The van der Waals surface area contributed by atoms with E-state index in [1.807, 2.05) is 23.1 Å². The number of amides is 1. The van der Waals surface area contributed by atoms with E-state index in [1.54, 1.807) is 13.2 Å². The molecule has 1 saturated heterocycles. The molecule has 4 nitrogen and oxygen atoms in total. The van der Waals surface area contributed by atoms with Gasteiger partial charge in [0.25, 0.3) is 5.91 Å². The second kappa shape index (κ2) is 3.99. The smallest absolute Gasteiger partial charge is 0.257 e. The monoisotopic (exact) mass is 246 g/mol. The molecular formula is C14H18N2O2. The van der Waals surface area contributed by atoms with Crippen molar-refractivity contribution in [3.05, 3.63) is 29.8 Å². The molecule has 2 N–H and O–H groups in total. The van der Waals surface area contributed by atoms with E-state index < -0.39 is 0 Å². The number of nitrogens with two attached hydrogens (primary N) is 1. The fourth-order valence-electron chi connectivity index (χ4n) is 2.72. The number of hydrogen-bond donors (Lipinski definition) is 1. The number of para-hydroxylation sites is 1. The molecule has 4 heteroatoms. The summed E-state index contributed by atoms with van der Waals surface area (Å²) in [5, 5.41) is 0. The molecule has 2 aliphatic rings. The van der Waals surface area contributed by atoms with E-state index in [-0.39, 0.29) is 11.4 Å². The Balaban J connectivity index is 1.72. The number of methoxy groups -OCH3 is 1. The average molecular weight is 246 g/mol. The van der Waals surface area contributed by atoms with Crippen molar-refractivity contribution >= 4 is 5.91 Å². The first kappa shape index (κ1) is 11.5. The van der Waals surface area contributed by atoms with Crippen molar-refractivity contribution in [1.29, 1.82) is 0 Å². The molecule has 0 radical (unpaired) electrons. The van der Waals surface area contributed by atoms with Gasteiger partial charge in [-0.1, -0.05) is 12.1 Å². The Morgan fingerprint density at radius 1 is 1.39 bits per heavy atom. The summed E-state index contributed by atoms with van der Waals surface area (Å²) in [5.41, 5.74) is 6.76. The Morgan fingerprint density at radius 2 is 2.06 bits per heavy atom. The van der Waals surface area contributed by atoms with Crippen molar-refractivity contribution in [3.8, 4) is 5.75 Å². The third kappa shape index (κ3) is 1.77. The highest BCUT2D eigenvalue weighted by Crippen LogP contribution is 2.43. The molecule has 1 heterocycles. The molecule has 0 spiro atoms. The van der Waals surface area contributed by atoms with Crippen molar-refractivity contribution in [2.24, 2.45) is 11.7 Å². The minimum absolute atomic E-state index is 0.0224. The first-order valence-electron chi connectivity index (χ1n) is 6.35. The summed E-state index contributed by atoms with van der Waals surface area (Å²) >= 11 is 0. The van der Waals surface area contributed by atoms with Gasteiger partial charge >= 0.3 is 0 Å². The van der Waals surface area contributed by atoms with Gasteiger partial charge in [-0.25, -0.2) is 0 Å². The topological polar surface area (TPSA) is 55.6 Å². The molecule has 1 saturated carbocycles. The van der Waals surface area contributed by atoms with Crippen molar-refractivity contribution in [3.63, 3.8) is 0 Å². The second-order valence-electron chi connectivity index (χ2n) is 5.37. The van der Waals surface area contributed by atoms with E-state index >= 15 is 0 Å². The van der Waals surface area contributed by atoms with Crippen LogP contribution in [0.15, 0.2) is 24.3 Å². The molecule has 2 fully saturated rings. The molecule has 1 aromatic rings. The number of carbonyl (C=O) groups excluding carboxylic acids is 1. The third-order valence-corrected chi connectivity index (χ3v) is 3.99. The van der Waals surface area contributed by atoms with Crippen LogP contribution in [0.25, 0.3) is 0 Å². The minimum Gasteiger partial charge on any atom is -0.496 e. The van der Waals surface area contributed by atoms with E-state index in [0.717, 1.165) is 0 Å². The number of carbonyl (C=O) groups is 1. The predicted octanol–water partition coefficient (Wildman–Crippen LogP) is 1.26. The lowest BCUT2D eigenvalue weighted by Gasteiger charge is -2.48. The van der Waals surface area contributed by atoms with Crippen molar-refractivity contribution in [2.45, 2.75) is 18.4 Å². The maximum Gasteiger partial charge on any atom is 0.257 e. The van der Waals surface area contributed by atoms with E-state index in [9.17, 15) is 4.79 Å². The van der Waals surface area contributed by atoms with E-state index in [2.05, 4.69) is 0 Å². The van der Waals surface area contributed by atoms with E-state index in [4.69, 9.17) is 10.5 Å². The van der Waals surface area contributed by atoms with Gasteiger partial charge in [-0.3, -0.25) is 4.79 Å². The van der Waals surface area contributed by atoms with Crippen LogP contribution in [0.5, 0.6) is 5.75 Å². The zero-order valence-corrected chi connectivity index (χ0v) is 10.6. The van der Waals surface area contributed by atoms with Gasteiger partial charge < -0.3 is 15.4 Å². The molecule has 0 atom stereocenters. The number of benzene rings is 1. The minimum atomic E-state index is -0.127. The summed E-state index contributed by atoms with van der Waals surface area (Å²) in [6, 6.07) is 7.33. The highest BCUT2D eigenvalue weighted by Gasteiger charge is 2.51. The standard InChI is InChI=1S/C14H18N2O2/c1-18-12-5-3-2-4-11(12)13(17)16-8-14(15,9-16)10-6-7-10/h2-5,10H,6-9,15H2,1H3. The molecule has 0 aromatic heterocycles. The zero-order valence-electron chi connectivity index (χ0n) is 10.6. The first-order valence-corrected chi connectivity index (χ1v) is 6.35. The van der Waals surface area contributed by atoms with Crippen LogP contribution in [0.4, 0.5) is 0 Å². The van der Waals surface area contributed by atoms with Crippen LogP contribution in [-0.4, -0.2) is 36.5 Å². The average Bonchev–Trinajstić information content (AvgIpc) is 3.18. The lowest BCUT2D eigenvalue weighted by atomic mass is 9.85. The lowest BCUT2D eigenvalue weighted by molar-refractivity contribution is 0.0347. The van der Waals surface area contributed by atoms with Crippen LogP contribution in [0.1, 0.15) is 23.2 Å². The summed E-state index contributed by atoms with van der Waals surface area (Å²) in [7, 11) is 1.58. The maximum absolute atomic E-state index is 12.3. The summed E-state index contributed by atoms with van der Waals surface area (Å²) in [6.45, 7) is 1.35. The fourth-order valence-corrected chi connectivity index (χ4v) is 2.72. The molecule has 96 valence electrons. The highest BCUT2D eigenvalue weighted by molar-refractivity contribution is 5.97. The quantitative estimate of drug-likeness (QED) is 0.873. The van der Waals surface area contributed by atoms with Gasteiger partial charge in [0.05, 0.1) is 18.2 Å². The highest BCUT2D eigenvalue weighted by atomic mass is 16.5. The molecule has 1 aliphatic carbocycles. The SMILES string of the molecule is COc1ccccc1C(=O)N1CC(N)(C2CC2)C1. The van der Waals surface area contributed by atoms with Gasteiger partial charge in [-0.05, 0) is 30.9 Å². The first-order chi connectivity index (χ1) is 8.64. The summed E-state index contributed by atoms with van der Waals surface area (Å²) in [4.78, 5) is 14.1. The number of nitrogens with zero attached hydrogens (tertiary/aromatic N) is 1. The van der Waals surface area contributed by atoms with Crippen LogP contribution in [-0.2, 0) is 0 Å². The van der Waals surface area contributed by atoms with Crippen molar-refractivity contribution in [2.75, 3.05) is 20.2 Å². The summed E-state index contributed by atoms with van der Waals surface area (Å²) < 4.78 is 5.22. The Hall–Kier alpha value is -1.55. The largest absolute Gasteiger partial charge is 0.496 e. The van der Waals surface area contributed by atoms with E-state index in [1.165, 1.54) is 12.8 Å². The zero-order chi connectivity index (χ0) is 12.8. The van der Waals surface area contributed by atoms with Gasteiger partial charge in [0.15, 0.2) is 0 Å². The Labute approximate surface area is 107 Å². The van der Waals surface area contributed by atoms with Crippen LogP contribution in [0.2, 0.25) is 0 Å². The van der Waals surface area contributed by atoms with Crippen LogP contribution >= 0.6 is 0 Å². The fraction of sp³-hybridized carbons (Fsp3) is 0.500. The number of ether oxygens (including phenoxy) is 1. The summed E-state index contributed by atoms with van der Waals surface area (Å²) in [5.74, 6) is 1.27. The van der Waals surface area contributed by atoms with Crippen molar-refractivity contribution < 1.29 is 9.53 Å². The molecule has 1 amide bonds. The number of likely N-dealkylation sites (tertiary alicyclic amines) is 1. The number of hydrogen-bond acceptors (Lipinski definition) is 3. The molecular weight excluding hydrogens is 228 g/mol. The second-order valence-corrected chi connectivity index (χ2v) is 5.37. The van der Waals surface area contributed by atoms with Crippen molar-refractivity contribution in [1.82, 2.24) is 4.90 Å². The lowest BCUT2D eigenvalue weighted by Crippen LogP contribution is -2.69. The maximum atomic E-state index is 12.3. The van der Waals surface area contributed by atoms with Gasteiger partial charge in [0.2, 0.25) is 0 Å². The predicted molar refractivity (Wildman–Crippen MR) is 68.5 cm³/mol. The Bertz CT molecular complexity index is 476. The van der Waals surface area contributed by atoms with Crippen LogP contribution in [0, 0.1) is 5.92 Å². The molecule has 1 aromatic carbocycles. The molecule has 1 aliphatic heterocycles. The van der Waals surface area contributed by atoms with Gasteiger partial charge in [0.1, 0.15) is 5.75 Å². The molecule has 0 unspecified atom stereocenters. The Morgan fingerprint density at radius 3 is 2.67 bits per heavy atom. The summed E-state index contributed by atoms with van der Waals surface area (Å²) in [6.07, 6.45) is 2.43. The molecule has 0 bridgehead atoms. The molecule has 18 heavy (non-hydrogen) atoms. The van der Waals surface area contributed by atoms with Gasteiger partial charge in [-0.15, -0.1) is 0 Å². The Kier molecular flexibility index (Phi) is 2.55. The van der Waals surface area contributed by atoms with E-state index in [0.29, 0.717) is 30.3 Å². The van der Waals surface area contributed by atoms with Crippen LogP contribution in [0.3, 0.4) is 0 Å².